The zero-order chi connectivity index (χ0) is 23.4. The quantitative estimate of drug-likeness (QED) is 0.166. The summed E-state index contributed by atoms with van der Waals surface area (Å²) in [6.07, 6.45) is 1.53. The van der Waals surface area contributed by atoms with Gasteiger partial charge in [0.2, 0.25) is 5.13 Å². The molecule has 0 spiro atoms. The van der Waals surface area contributed by atoms with Gasteiger partial charge in [0.25, 0.3) is 11.6 Å². The number of rotatable bonds is 7. The molecule has 10 heteroatoms. The van der Waals surface area contributed by atoms with Crippen LogP contribution in [0.5, 0.6) is 5.75 Å². The molecule has 0 atom stereocenters. The largest absolute Gasteiger partial charge is 0.494 e. The standard InChI is InChI=1S/C23H17BrN4O4S/c1-2-32-19-9-6-15(7-10-19)14-25-27(22(29)16-4-3-5-18(12-16)28(30)31)23-26-20-11-8-17(24)13-21(20)33-23/h3-14H,2H2,1H3/b25-14+. The molecule has 4 aromatic rings. The van der Waals surface area contributed by atoms with Gasteiger partial charge < -0.3 is 4.74 Å². The van der Waals surface area contributed by atoms with Crippen LogP contribution in [0.2, 0.25) is 0 Å². The maximum absolute atomic E-state index is 13.4. The lowest BCUT2D eigenvalue weighted by Gasteiger charge is -2.13. The van der Waals surface area contributed by atoms with Crippen molar-refractivity contribution in [3.8, 4) is 5.75 Å². The minimum absolute atomic E-state index is 0.133. The Kier molecular flexibility index (Phi) is 6.76. The monoisotopic (exact) mass is 524 g/mol. The van der Waals surface area contributed by atoms with Gasteiger partial charge in [0, 0.05) is 22.2 Å². The molecular formula is C23H17BrN4O4S. The van der Waals surface area contributed by atoms with Crippen molar-refractivity contribution in [2.24, 2.45) is 5.10 Å². The van der Waals surface area contributed by atoms with E-state index in [0.29, 0.717) is 17.3 Å². The highest BCUT2D eigenvalue weighted by Crippen LogP contribution is 2.32. The Morgan fingerprint density at radius 1 is 1.21 bits per heavy atom. The normalized spacial score (nSPS) is 11.1. The Balaban J connectivity index is 1.73. The first-order valence-electron chi connectivity index (χ1n) is 9.86. The SMILES string of the molecule is CCOc1ccc(/C=N/N(C(=O)c2cccc([N+](=O)[O-])c2)c2nc3ccc(Br)cc3s2)cc1. The van der Waals surface area contributed by atoms with E-state index in [4.69, 9.17) is 4.74 Å². The average molecular weight is 525 g/mol. The Morgan fingerprint density at radius 3 is 2.73 bits per heavy atom. The summed E-state index contributed by atoms with van der Waals surface area (Å²) in [6, 6.07) is 18.4. The molecule has 0 saturated heterocycles. The van der Waals surface area contributed by atoms with Crippen molar-refractivity contribution in [3.05, 3.63) is 92.4 Å². The molecule has 0 aliphatic heterocycles. The van der Waals surface area contributed by atoms with Crippen LogP contribution in [0.25, 0.3) is 10.2 Å². The van der Waals surface area contributed by atoms with Gasteiger partial charge in [-0.05, 0) is 61.0 Å². The summed E-state index contributed by atoms with van der Waals surface area (Å²) >= 11 is 4.73. The minimum atomic E-state index is -0.542. The lowest BCUT2D eigenvalue weighted by atomic mass is 10.2. The topological polar surface area (TPSA) is 97.9 Å². The number of halogens is 1. The molecule has 1 amide bonds. The van der Waals surface area contributed by atoms with Crippen LogP contribution in [0.1, 0.15) is 22.8 Å². The lowest BCUT2D eigenvalue weighted by Crippen LogP contribution is -2.25. The molecular weight excluding hydrogens is 508 g/mol. The van der Waals surface area contributed by atoms with Gasteiger partial charge in [-0.3, -0.25) is 14.9 Å². The number of fused-ring (bicyclic) bond motifs is 1. The molecule has 0 fully saturated rings. The second kappa shape index (κ2) is 9.88. The molecule has 4 rings (SSSR count). The molecule has 166 valence electrons. The van der Waals surface area contributed by atoms with Crippen LogP contribution in [0, 0.1) is 10.1 Å². The smallest absolute Gasteiger partial charge is 0.281 e. The molecule has 0 N–H and O–H groups in total. The lowest BCUT2D eigenvalue weighted by molar-refractivity contribution is -0.384. The number of thiazole rings is 1. The molecule has 0 unspecified atom stereocenters. The third-order valence-electron chi connectivity index (χ3n) is 4.53. The number of aromatic nitrogens is 1. The highest BCUT2D eigenvalue weighted by Gasteiger charge is 2.22. The Labute approximate surface area is 201 Å². The first kappa shape index (κ1) is 22.6. The number of hydrogen-bond acceptors (Lipinski definition) is 7. The molecule has 8 nitrogen and oxygen atoms in total. The summed E-state index contributed by atoms with van der Waals surface area (Å²) in [5, 5.41) is 17.1. The molecule has 0 aliphatic rings. The fourth-order valence-corrected chi connectivity index (χ4v) is 4.46. The molecule has 1 aromatic heterocycles. The van der Waals surface area contributed by atoms with Crippen LogP contribution >= 0.6 is 27.3 Å². The van der Waals surface area contributed by atoms with Gasteiger partial charge in [-0.15, -0.1) is 0 Å². The van der Waals surface area contributed by atoms with Crippen molar-refractivity contribution < 1.29 is 14.5 Å². The average Bonchev–Trinajstić information content (AvgIpc) is 3.23. The van der Waals surface area contributed by atoms with Crippen molar-refractivity contribution in [2.75, 3.05) is 11.6 Å². The number of nitrogens with zero attached hydrogens (tertiary/aromatic N) is 4. The zero-order valence-corrected chi connectivity index (χ0v) is 19.7. The molecule has 3 aromatic carbocycles. The summed E-state index contributed by atoms with van der Waals surface area (Å²) < 4.78 is 7.21. The maximum Gasteiger partial charge on any atom is 0.281 e. The number of benzene rings is 3. The van der Waals surface area contributed by atoms with E-state index in [1.54, 1.807) is 0 Å². The molecule has 0 radical (unpaired) electrons. The van der Waals surface area contributed by atoms with E-state index in [0.717, 1.165) is 25.5 Å². The number of hydrazone groups is 1. The Bertz CT molecular complexity index is 1350. The van der Waals surface area contributed by atoms with Crippen LogP contribution in [-0.2, 0) is 0 Å². The zero-order valence-electron chi connectivity index (χ0n) is 17.3. The third kappa shape index (κ3) is 5.24. The summed E-state index contributed by atoms with van der Waals surface area (Å²) in [5.41, 5.74) is 1.42. The number of carbonyl (C=O) groups excluding carboxylic acids is 1. The predicted octanol–water partition coefficient (Wildman–Crippen LogP) is 6.05. The fraction of sp³-hybridized carbons (Fsp3) is 0.0870. The van der Waals surface area contributed by atoms with E-state index in [2.05, 4.69) is 26.0 Å². The van der Waals surface area contributed by atoms with Gasteiger partial charge in [0.05, 0.1) is 28.0 Å². The van der Waals surface area contributed by atoms with E-state index in [1.165, 1.54) is 41.8 Å². The molecule has 0 bridgehead atoms. The van der Waals surface area contributed by atoms with E-state index >= 15 is 0 Å². The van der Waals surface area contributed by atoms with Crippen molar-refractivity contribution >= 4 is 60.4 Å². The summed E-state index contributed by atoms with van der Waals surface area (Å²) in [7, 11) is 0. The predicted molar refractivity (Wildman–Crippen MR) is 132 cm³/mol. The highest BCUT2D eigenvalue weighted by molar-refractivity contribution is 9.10. The first-order valence-corrected chi connectivity index (χ1v) is 11.5. The number of nitro benzene ring substituents is 1. The number of amides is 1. The van der Waals surface area contributed by atoms with Crippen molar-refractivity contribution in [3.63, 3.8) is 0 Å². The summed E-state index contributed by atoms with van der Waals surface area (Å²) in [4.78, 5) is 28.5. The van der Waals surface area contributed by atoms with Crippen LogP contribution in [0.15, 0.2) is 76.3 Å². The van der Waals surface area contributed by atoms with Gasteiger partial charge in [-0.2, -0.15) is 10.1 Å². The maximum atomic E-state index is 13.4. The number of anilines is 1. The Morgan fingerprint density at radius 2 is 2.00 bits per heavy atom. The molecule has 1 heterocycles. The van der Waals surface area contributed by atoms with Crippen LogP contribution in [-0.4, -0.2) is 28.6 Å². The van der Waals surface area contributed by atoms with Gasteiger partial charge in [0.1, 0.15) is 5.75 Å². The number of ether oxygens (including phenoxy) is 1. The van der Waals surface area contributed by atoms with Crippen molar-refractivity contribution in [1.29, 1.82) is 0 Å². The number of nitro groups is 1. The minimum Gasteiger partial charge on any atom is -0.494 e. The van der Waals surface area contributed by atoms with Crippen molar-refractivity contribution in [2.45, 2.75) is 6.92 Å². The molecule has 0 saturated carbocycles. The second-order valence-electron chi connectivity index (χ2n) is 6.78. The van der Waals surface area contributed by atoms with Crippen LogP contribution in [0.4, 0.5) is 10.8 Å². The van der Waals surface area contributed by atoms with Gasteiger partial charge >= 0.3 is 0 Å². The fourth-order valence-electron chi connectivity index (χ4n) is 2.98. The van der Waals surface area contributed by atoms with Crippen LogP contribution in [0.3, 0.4) is 0 Å². The highest BCUT2D eigenvalue weighted by atomic mass is 79.9. The Hall–Kier alpha value is -3.63. The second-order valence-corrected chi connectivity index (χ2v) is 8.70. The number of non-ortho nitro benzene ring substituents is 1. The van der Waals surface area contributed by atoms with E-state index in [-0.39, 0.29) is 11.3 Å². The third-order valence-corrected chi connectivity index (χ3v) is 6.02. The van der Waals surface area contributed by atoms with E-state index in [1.807, 2.05) is 49.4 Å². The van der Waals surface area contributed by atoms with E-state index < -0.39 is 10.8 Å². The van der Waals surface area contributed by atoms with Crippen LogP contribution < -0.4 is 9.75 Å². The number of hydrogen-bond donors (Lipinski definition) is 0. The molecule has 0 aliphatic carbocycles. The van der Waals surface area contributed by atoms with Gasteiger partial charge in [-0.1, -0.05) is 33.3 Å². The van der Waals surface area contributed by atoms with Gasteiger partial charge in [-0.25, -0.2) is 4.98 Å². The summed E-state index contributed by atoms with van der Waals surface area (Å²) in [5.74, 6) is 0.204. The van der Waals surface area contributed by atoms with Gasteiger partial charge in [0.15, 0.2) is 0 Å². The molecule has 33 heavy (non-hydrogen) atoms. The number of carbonyl (C=O) groups is 1. The summed E-state index contributed by atoms with van der Waals surface area (Å²) in [6.45, 7) is 2.47. The first-order chi connectivity index (χ1) is 15.9. The van der Waals surface area contributed by atoms with Crippen molar-refractivity contribution in [1.82, 2.24) is 4.98 Å². The van der Waals surface area contributed by atoms with E-state index in [9.17, 15) is 14.9 Å².